The molecule has 0 aliphatic rings. The van der Waals surface area contributed by atoms with Gasteiger partial charge in [-0.05, 0) is 38.5 Å². The third kappa shape index (κ3) is 2.92. The van der Waals surface area contributed by atoms with E-state index in [-0.39, 0.29) is 10.8 Å². The zero-order valence-corrected chi connectivity index (χ0v) is 14.7. The van der Waals surface area contributed by atoms with Crippen LogP contribution in [0.5, 0.6) is 0 Å². The van der Waals surface area contributed by atoms with Gasteiger partial charge in [0.1, 0.15) is 4.90 Å². The largest absolute Gasteiger partial charge is 0.421 e. The Kier molecular flexibility index (Phi) is 3.92. The number of benzene rings is 1. The molecule has 0 unspecified atom stereocenters. The van der Waals surface area contributed by atoms with Crippen LogP contribution in [0.25, 0.3) is 11.5 Å². The van der Waals surface area contributed by atoms with Crippen LogP contribution in [0.4, 0.5) is 5.69 Å². The lowest BCUT2D eigenvalue weighted by Crippen LogP contribution is -2.14. The van der Waals surface area contributed by atoms with E-state index in [1.165, 1.54) is 0 Å². The van der Waals surface area contributed by atoms with E-state index in [4.69, 9.17) is 4.42 Å². The van der Waals surface area contributed by atoms with Gasteiger partial charge in [-0.1, -0.05) is 12.1 Å². The SMILES string of the molecule is Cc1cccc(NS(=O)(=O)c2c(C)[nH]c(C)c2-c2nnc(C)o2)c1. The molecule has 2 N–H and O–H groups in total. The quantitative estimate of drug-likeness (QED) is 0.756. The summed E-state index contributed by atoms with van der Waals surface area (Å²) in [6.07, 6.45) is 0. The normalized spacial score (nSPS) is 11.7. The number of hydrogen-bond donors (Lipinski definition) is 2. The van der Waals surface area contributed by atoms with Crippen LogP contribution in [-0.2, 0) is 10.0 Å². The molecule has 0 radical (unpaired) electrons. The Morgan fingerprint density at radius 1 is 1.08 bits per heavy atom. The fraction of sp³-hybridized carbons (Fsp3) is 0.250. The van der Waals surface area contributed by atoms with E-state index in [0.717, 1.165) is 5.56 Å². The van der Waals surface area contributed by atoms with Gasteiger partial charge in [-0.3, -0.25) is 4.72 Å². The molecule has 3 aromatic rings. The van der Waals surface area contributed by atoms with Gasteiger partial charge >= 0.3 is 0 Å². The summed E-state index contributed by atoms with van der Waals surface area (Å²) in [5.74, 6) is 0.553. The van der Waals surface area contributed by atoms with E-state index >= 15 is 0 Å². The predicted molar refractivity (Wildman–Crippen MR) is 90.3 cm³/mol. The van der Waals surface area contributed by atoms with E-state index in [0.29, 0.717) is 28.5 Å². The van der Waals surface area contributed by atoms with Crippen molar-refractivity contribution in [3.05, 3.63) is 47.1 Å². The molecule has 0 saturated carbocycles. The van der Waals surface area contributed by atoms with Crippen LogP contribution >= 0.6 is 0 Å². The van der Waals surface area contributed by atoms with Crippen molar-refractivity contribution >= 4 is 15.7 Å². The third-order valence-corrected chi connectivity index (χ3v) is 5.15. The van der Waals surface area contributed by atoms with Gasteiger partial charge in [-0.2, -0.15) is 0 Å². The molecule has 0 amide bonds. The van der Waals surface area contributed by atoms with Gasteiger partial charge in [0, 0.05) is 24.0 Å². The second-order valence-electron chi connectivity index (χ2n) is 5.68. The number of aromatic amines is 1. The molecular weight excluding hydrogens is 328 g/mol. The number of aryl methyl sites for hydroxylation is 4. The molecule has 0 spiro atoms. The fourth-order valence-corrected chi connectivity index (χ4v) is 4.17. The average Bonchev–Trinajstić information content (AvgIpc) is 3.01. The highest BCUT2D eigenvalue weighted by molar-refractivity contribution is 7.93. The molecule has 2 heterocycles. The van der Waals surface area contributed by atoms with Crippen molar-refractivity contribution in [1.82, 2.24) is 15.2 Å². The zero-order valence-electron chi connectivity index (χ0n) is 13.8. The van der Waals surface area contributed by atoms with Crippen molar-refractivity contribution in [3.8, 4) is 11.5 Å². The predicted octanol–water partition coefficient (Wildman–Crippen LogP) is 3.10. The molecular formula is C16H18N4O3S. The van der Waals surface area contributed by atoms with E-state index in [9.17, 15) is 8.42 Å². The summed E-state index contributed by atoms with van der Waals surface area (Å²) in [5.41, 5.74) is 3.03. The summed E-state index contributed by atoms with van der Waals surface area (Å²) in [5, 5.41) is 7.74. The number of anilines is 1. The molecule has 24 heavy (non-hydrogen) atoms. The molecule has 2 aromatic heterocycles. The first-order valence-corrected chi connectivity index (χ1v) is 8.85. The van der Waals surface area contributed by atoms with Crippen LogP contribution < -0.4 is 4.72 Å². The van der Waals surface area contributed by atoms with Gasteiger partial charge in [0.2, 0.25) is 5.89 Å². The Morgan fingerprint density at radius 3 is 2.46 bits per heavy atom. The maximum absolute atomic E-state index is 12.9. The number of H-pyrrole nitrogens is 1. The Morgan fingerprint density at radius 2 is 1.83 bits per heavy atom. The van der Waals surface area contributed by atoms with Crippen molar-refractivity contribution < 1.29 is 12.8 Å². The van der Waals surface area contributed by atoms with Crippen LogP contribution in [0.1, 0.15) is 22.8 Å². The van der Waals surface area contributed by atoms with E-state index in [1.807, 2.05) is 13.0 Å². The fourth-order valence-electron chi connectivity index (χ4n) is 2.66. The van der Waals surface area contributed by atoms with Gasteiger partial charge in [0.05, 0.1) is 5.56 Å². The second-order valence-corrected chi connectivity index (χ2v) is 7.30. The van der Waals surface area contributed by atoms with Crippen LogP contribution in [0, 0.1) is 27.7 Å². The maximum Gasteiger partial charge on any atom is 0.264 e. The first-order valence-electron chi connectivity index (χ1n) is 7.37. The Bertz CT molecular complexity index is 1000. The Balaban J connectivity index is 2.11. The Labute approximate surface area is 140 Å². The van der Waals surface area contributed by atoms with Gasteiger partial charge in [-0.15, -0.1) is 10.2 Å². The number of nitrogens with one attached hydrogen (secondary N) is 2. The highest BCUT2D eigenvalue weighted by atomic mass is 32.2. The van der Waals surface area contributed by atoms with E-state index in [1.54, 1.807) is 39.0 Å². The monoisotopic (exact) mass is 346 g/mol. The summed E-state index contributed by atoms with van der Waals surface area (Å²) in [6, 6.07) is 7.17. The minimum atomic E-state index is -3.82. The van der Waals surface area contributed by atoms with Gasteiger partial charge in [0.25, 0.3) is 15.9 Å². The molecule has 3 rings (SSSR count). The van der Waals surface area contributed by atoms with Gasteiger partial charge in [-0.25, -0.2) is 8.42 Å². The highest BCUT2D eigenvalue weighted by Crippen LogP contribution is 2.33. The lowest BCUT2D eigenvalue weighted by molar-refractivity contribution is 0.531. The van der Waals surface area contributed by atoms with Crippen LogP contribution in [0.15, 0.2) is 33.6 Å². The zero-order chi connectivity index (χ0) is 17.5. The molecule has 8 heteroatoms. The average molecular weight is 346 g/mol. The number of nitrogens with zero attached hydrogens (tertiary/aromatic N) is 2. The van der Waals surface area contributed by atoms with E-state index < -0.39 is 10.0 Å². The van der Waals surface area contributed by atoms with Crippen LogP contribution in [0.2, 0.25) is 0 Å². The lowest BCUT2D eigenvalue weighted by atomic mass is 10.2. The molecule has 126 valence electrons. The number of hydrogen-bond acceptors (Lipinski definition) is 5. The molecule has 0 bridgehead atoms. The molecule has 0 atom stereocenters. The van der Waals surface area contributed by atoms with Crippen LogP contribution in [0.3, 0.4) is 0 Å². The number of sulfonamides is 1. The van der Waals surface area contributed by atoms with Crippen molar-refractivity contribution in [3.63, 3.8) is 0 Å². The summed E-state index contributed by atoms with van der Waals surface area (Å²) in [7, 11) is -3.82. The second kappa shape index (κ2) is 5.79. The summed E-state index contributed by atoms with van der Waals surface area (Å²) < 4.78 is 33.9. The highest BCUT2D eigenvalue weighted by Gasteiger charge is 2.29. The molecule has 7 nitrogen and oxygen atoms in total. The molecule has 1 aromatic carbocycles. The first-order chi connectivity index (χ1) is 11.3. The summed E-state index contributed by atoms with van der Waals surface area (Å²) >= 11 is 0. The lowest BCUT2D eigenvalue weighted by Gasteiger charge is -2.10. The molecule has 0 fully saturated rings. The van der Waals surface area contributed by atoms with E-state index in [2.05, 4.69) is 19.9 Å². The molecule has 0 saturated heterocycles. The minimum absolute atomic E-state index is 0.116. The molecule has 0 aliphatic carbocycles. The van der Waals surface area contributed by atoms with Crippen LogP contribution in [-0.4, -0.2) is 23.6 Å². The smallest absolute Gasteiger partial charge is 0.264 e. The minimum Gasteiger partial charge on any atom is -0.421 e. The summed E-state index contributed by atoms with van der Waals surface area (Å²) in [4.78, 5) is 3.16. The van der Waals surface area contributed by atoms with Gasteiger partial charge in [0.15, 0.2) is 0 Å². The van der Waals surface area contributed by atoms with Gasteiger partial charge < -0.3 is 9.40 Å². The number of aromatic nitrogens is 3. The maximum atomic E-state index is 12.9. The Hall–Kier alpha value is -2.61. The standard InChI is InChI=1S/C16H18N4O3S/c1-9-6-5-7-13(8-9)20-24(21,22)15-11(3)17-10(2)14(15)16-19-18-12(4)23-16/h5-8,17,20H,1-4H3. The van der Waals surface area contributed by atoms with Crippen molar-refractivity contribution in [2.75, 3.05) is 4.72 Å². The number of rotatable bonds is 4. The molecule has 0 aliphatic heterocycles. The third-order valence-electron chi connectivity index (χ3n) is 3.60. The van der Waals surface area contributed by atoms with Crippen molar-refractivity contribution in [2.45, 2.75) is 32.6 Å². The first kappa shape index (κ1) is 16.3. The van der Waals surface area contributed by atoms with Crippen molar-refractivity contribution in [1.29, 1.82) is 0 Å². The van der Waals surface area contributed by atoms with Crippen molar-refractivity contribution in [2.24, 2.45) is 0 Å². The topological polar surface area (TPSA) is 101 Å². The summed E-state index contributed by atoms with van der Waals surface area (Å²) in [6.45, 7) is 7.03.